The van der Waals surface area contributed by atoms with Gasteiger partial charge in [0.2, 0.25) is 0 Å². The molecule has 1 aromatic rings. The van der Waals surface area contributed by atoms with Crippen LogP contribution < -0.4 is 0 Å². The van der Waals surface area contributed by atoms with Gasteiger partial charge in [0.1, 0.15) is 11.9 Å². The molecule has 1 aromatic carbocycles. The Bertz CT molecular complexity index is 387. The van der Waals surface area contributed by atoms with Crippen LogP contribution in [-0.4, -0.2) is 25.5 Å². The molecule has 2 nitrogen and oxygen atoms in total. The highest BCUT2D eigenvalue weighted by Gasteiger charge is 2.44. The third-order valence-electron chi connectivity index (χ3n) is 2.34. The quantitative estimate of drug-likeness (QED) is 0.605. The molecule has 0 amide bonds. The maximum absolute atomic E-state index is 13.3. The van der Waals surface area contributed by atoms with E-state index in [1.165, 1.54) is 12.1 Å². The van der Waals surface area contributed by atoms with Gasteiger partial charge in [-0.1, -0.05) is 18.2 Å². The molecule has 2 rings (SSSR count). The number of rotatable bonds is 4. The fourth-order valence-corrected chi connectivity index (χ4v) is 1.42. The molecule has 6 heteroatoms. The lowest BCUT2D eigenvalue weighted by Gasteiger charge is -2.21. The van der Waals surface area contributed by atoms with Gasteiger partial charge in [-0.3, -0.25) is 0 Å². The van der Waals surface area contributed by atoms with E-state index in [-0.39, 0.29) is 12.7 Å². The topological polar surface area (TPSA) is 21.8 Å². The predicted molar refractivity (Wildman–Crippen MR) is 50.9 cm³/mol. The molecule has 0 aliphatic carbocycles. The highest BCUT2D eigenvalue weighted by Crippen LogP contribution is 2.37. The van der Waals surface area contributed by atoms with E-state index in [0.717, 1.165) is 12.1 Å². The zero-order valence-corrected chi connectivity index (χ0v) is 8.71. The Hall–Kier alpha value is -1.14. The Morgan fingerprint density at radius 1 is 1.35 bits per heavy atom. The number of epoxide rings is 1. The van der Waals surface area contributed by atoms with Crippen LogP contribution in [0.3, 0.4) is 0 Å². The van der Waals surface area contributed by atoms with E-state index in [9.17, 15) is 17.6 Å². The van der Waals surface area contributed by atoms with Crippen LogP contribution in [0.15, 0.2) is 24.3 Å². The van der Waals surface area contributed by atoms with Gasteiger partial charge in [-0.25, -0.2) is 4.39 Å². The first-order chi connectivity index (χ1) is 7.98. The number of hydrogen-bond acceptors (Lipinski definition) is 2. The molecular formula is C11H10F4O2. The summed E-state index contributed by atoms with van der Waals surface area (Å²) in [4.78, 5) is 0. The first kappa shape index (κ1) is 12.3. The first-order valence-corrected chi connectivity index (χ1v) is 5.03. The van der Waals surface area contributed by atoms with E-state index in [2.05, 4.69) is 0 Å². The molecule has 1 fully saturated rings. The van der Waals surface area contributed by atoms with Crippen LogP contribution in [0.5, 0.6) is 0 Å². The van der Waals surface area contributed by atoms with Crippen LogP contribution in [0.2, 0.25) is 0 Å². The molecule has 1 aliphatic heterocycles. The van der Waals surface area contributed by atoms with Gasteiger partial charge in [-0.15, -0.1) is 0 Å². The third kappa shape index (κ3) is 3.17. The van der Waals surface area contributed by atoms with E-state index < -0.39 is 23.7 Å². The fraction of sp³-hybridized carbons (Fsp3) is 0.455. The van der Waals surface area contributed by atoms with Crippen LogP contribution in [0.1, 0.15) is 11.7 Å². The Balaban J connectivity index is 2.16. The lowest BCUT2D eigenvalue weighted by Crippen LogP contribution is -2.26. The van der Waals surface area contributed by atoms with Crippen molar-refractivity contribution in [2.24, 2.45) is 0 Å². The molecule has 0 N–H and O–H groups in total. The maximum Gasteiger partial charge on any atom is 0.418 e. The van der Waals surface area contributed by atoms with Crippen molar-refractivity contribution < 1.29 is 27.0 Å². The summed E-state index contributed by atoms with van der Waals surface area (Å²) in [5, 5.41) is 0. The standard InChI is InChI=1S/C11H10F4O2/c12-9-4-2-1-3-8(9)10(11(13,14)15)17-6-7-5-16-7/h1-4,7,10H,5-6H2/t7-,10+/m1/s1. The average Bonchev–Trinajstić information content (AvgIpc) is 3.03. The molecule has 0 bridgehead atoms. The van der Waals surface area contributed by atoms with Gasteiger partial charge in [0.15, 0.2) is 6.10 Å². The molecule has 0 spiro atoms. The number of hydrogen-bond donors (Lipinski definition) is 0. The second-order valence-corrected chi connectivity index (χ2v) is 3.73. The monoisotopic (exact) mass is 250 g/mol. The Kier molecular flexibility index (Phi) is 3.35. The molecule has 1 aliphatic rings. The van der Waals surface area contributed by atoms with Crippen molar-refractivity contribution >= 4 is 0 Å². The highest BCUT2D eigenvalue weighted by molar-refractivity contribution is 5.21. The summed E-state index contributed by atoms with van der Waals surface area (Å²) >= 11 is 0. The maximum atomic E-state index is 13.3. The molecular weight excluding hydrogens is 240 g/mol. The fourth-order valence-electron chi connectivity index (χ4n) is 1.42. The largest absolute Gasteiger partial charge is 0.418 e. The van der Waals surface area contributed by atoms with Crippen molar-refractivity contribution in [1.82, 2.24) is 0 Å². The molecule has 1 heterocycles. The summed E-state index contributed by atoms with van der Waals surface area (Å²) in [6.45, 7) is 0.209. The third-order valence-corrected chi connectivity index (χ3v) is 2.34. The average molecular weight is 250 g/mol. The summed E-state index contributed by atoms with van der Waals surface area (Å²) in [5.74, 6) is -0.924. The van der Waals surface area contributed by atoms with Crippen LogP contribution in [0.4, 0.5) is 17.6 Å². The number of benzene rings is 1. The van der Waals surface area contributed by atoms with Gasteiger partial charge in [-0.05, 0) is 6.07 Å². The Morgan fingerprint density at radius 3 is 2.53 bits per heavy atom. The van der Waals surface area contributed by atoms with Crippen LogP contribution in [-0.2, 0) is 9.47 Å². The summed E-state index contributed by atoms with van der Waals surface area (Å²) in [6, 6.07) is 4.72. The minimum atomic E-state index is -4.64. The molecule has 0 aromatic heterocycles. The minimum absolute atomic E-state index is 0.182. The van der Waals surface area contributed by atoms with Crippen LogP contribution >= 0.6 is 0 Å². The molecule has 1 saturated heterocycles. The Morgan fingerprint density at radius 2 is 2.00 bits per heavy atom. The van der Waals surface area contributed by atoms with Crippen LogP contribution in [0.25, 0.3) is 0 Å². The van der Waals surface area contributed by atoms with Crippen molar-refractivity contribution in [3.63, 3.8) is 0 Å². The van der Waals surface area contributed by atoms with Gasteiger partial charge in [0.05, 0.1) is 13.2 Å². The lowest BCUT2D eigenvalue weighted by molar-refractivity contribution is -0.225. The number of ether oxygens (including phenoxy) is 2. The van der Waals surface area contributed by atoms with Gasteiger partial charge in [0, 0.05) is 5.56 Å². The minimum Gasteiger partial charge on any atom is -0.371 e. The van der Waals surface area contributed by atoms with Gasteiger partial charge in [-0.2, -0.15) is 13.2 Å². The Labute approximate surface area is 95.1 Å². The van der Waals surface area contributed by atoms with E-state index >= 15 is 0 Å². The lowest BCUT2D eigenvalue weighted by atomic mass is 10.1. The van der Waals surface area contributed by atoms with Gasteiger partial charge in [0.25, 0.3) is 0 Å². The van der Waals surface area contributed by atoms with Crippen molar-refractivity contribution in [2.75, 3.05) is 13.2 Å². The summed E-state index contributed by atoms with van der Waals surface area (Å²) in [6.07, 6.45) is -7.18. The van der Waals surface area contributed by atoms with Gasteiger partial charge >= 0.3 is 6.18 Å². The van der Waals surface area contributed by atoms with Crippen LogP contribution in [0, 0.1) is 5.82 Å². The summed E-state index contributed by atoms with van der Waals surface area (Å²) in [7, 11) is 0. The van der Waals surface area contributed by atoms with Crippen molar-refractivity contribution in [3.05, 3.63) is 35.6 Å². The van der Waals surface area contributed by atoms with E-state index in [0.29, 0.717) is 6.61 Å². The van der Waals surface area contributed by atoms with Crippen molar-refractivity contribution in [3.8, 4) is 0 Å². The SMILES string of the molecule is Fc1ccccc1[C@H](OC[C@H]1CO1)C(F)(F)F. The summed E-state index contributed by atoms with van der Waals surface area (Å²) in [5.41, 5.74) is -0.499. The zero-order valence-electron chi connectivity index (χ0n) is 8.71. The smallest absolute Gasteiger partial charge is 0.371 e. The second kappa shape index (κ2) is 4.62. The molecule has 0 saturated carbocycles. The first-order valence-electron chi connectivity index (χ1n) is 5.03. The van der Waals surface area contributed by atoms with E-state index in [1.807, 2.05) is 0 Å². The molecule has 2 atom stereocenters. The summed E-state index contributed by atoms with van der Waals surface area (Å²) < 4.78 is 60.9. The predicted octanol–water partition coefficient (Wildman–Crippen LogP) is 2.84. The highest BCUT2D eigenvalue weighted by atomic mass is 19.4. The number of halogens is 4. The molecule has 0 unspecified atom stereocenters. The van der Waals surface area contributed by atoms with Crippen molar-refractivity contribution in [1.29, 1.82) is 0 Å². The normalized spacial score (nSPS) is 21.3. The van der Waals surface area contributed by atoms with Crippen molar-refractivity contribution in [2.45, 2.75) is 18.4 Å². The second-order valence-electron chi connectivity index (χ2n) is 3.73. The van der Waals surface area contributed by atoms with E-state index in [1.54, 1.807) is 0 Å². The van der Waals surface area contributed by atoms with Gasteiger partial charge < -0.3 is 9.47 Å². The van der Waals surface area contributed by atoms with E-state index in [4.69, 9.17) is 9.47 Å². The number of alkyl halides is 3. The molecule has 0 radical (unpaired) electrons. The zero-order chi connectivity index (χ0) is 12.5. The molecule has 17 heavy (non-hydrogen) atoms. The molecule has 94 valence electrons.